The van der Waals surface area contributed by atoms with Crippen molar-refractivity contribution in [2.75, 3.05) is 19.8 Å². The fraction of sp³-hybridized carbons (Fsp3) is 0.263. The quantitative estimate of drug-likeness (QED) is 0.680. The van der Waals surface area contributed by atoms with Gasteiger partial charge in [-0.25, -0.2) is 4.79 Å². The number of benzene rings is 2. The minimum absolute atomic E-state index is 0.0338. The maximum absolute atomic E-state index is 12.3. The van der Waals surface area contributed by atoms with Crippen LogP contribution in [0, 0.1) is 6.92 Å². The molecule has 0 saturated heterocycles. The molecule has 1 aliphatic heterocycles. The van der Waals surface area contributed by atoms with Crippen LogP contribution in [0.15, 0.2) is 36.4 Å². The fourth-order valence-electron chi connectivity index (χ4n) is 2.44. The highest BCUT2D eigenvalue weighted by molar-refractivity contribution is 6.00. The molecule has 2 aromatic rings. The largest absolute Gasteiger partial charge is 0.507 e. The Balaban J connectivity index is 1.67. The van der Waals surface area contributed by atoms with E-state index in [-0.39, 0.29) is 17.1 Å². The third kappa shape index (κ3) is 3.91. The lowest BCUT2D eigenvalue weighted by Gasteiger charge is -2.10. The number of hydrogen-bond donors (Lipinski definition) is 1. The number of ketones is 1. The van der Waals surface area contributed by atoms with Crippen molar-refractivity contribution in [1.29, 1.82) is 0 Å². The second kappa shape index (κ2) is 7.25. The second-order valence-electron chi connectivity index (χ2n) is 5.73. The third-order valence-corrected chi connectivity index (χ3v) is 3.78. The SMILES string of the molecule is Cc1ccc(O)c(C(=O)OCC(=O)c2ccc3c(c2)OCCCO3)c1. The maximum atomic E-state index is 12.3. The van der Waals surface area contributed by atoms with E-state index >= 15 is 0 Å². The molecule has 3 rings (SSSR count). The molecule has 1 aliphatic rings. The molecule has 0 radical (unpaired) electrons. The molecule has 1 heterocycles. The van der Waals surface area contributed by atoms with Crippen molar-refractivity contribution in [2.24, 2.45) is 0 Å². The monoisotopic (exact) mass is 342 g/mol. The zero-order valence-corrected chi connectivity index (χ0v) is 13.8. The predicted molar refractivity (Wildman–Crippen MR) is 89.5 cm³/mol. The lowest BCUT2D eigenvalue weighted by molar-refractivity contribution is 0.0471. The number of carbonyl (C=O) groups excluding carboxylic acids is 2. The number of carbonyl (C=O) groups is 2. The molecule has 0 atom stereocenters. The highest BCUT2D eigenvalue weighted by atomic mass is 16.5. The normalized spacial score (nSPS) is 13.0. The van der Waals surface area contributed by atoms with Crippen LogP contribution < -0.4 is 9.47 Å². The molecular formula is C19H18O6. The van der Waals surface area contributed by atoms with E-state index in [1.807, 2.05) is 0 Å². The van der Waals surface area contributed by atoms with Gasteiger partial charge in [-0.15, -0.1) is 0 Å². The molecule has 0 fully saturated rings. The molecule has 0 unspecified atom stereocenters. The van der Waals surface area contributed by atoms with Crippen molar-refractivity contribution in [3.63, 3.8) is 0 Å². The molecule has 130 valence electrons. The van der Waals surface area contributed by atoms with Gasteiger partial charge in [0.05, 0.1) is 13.2 Å². The summed E-state index contributed by atoms with van der Waals surface area (Å²) in [5.41, 5.74) is 1.20. The van der Waals surface area contributed by atoms with Crippen LogP contribution in [0.3, 0.4) is 0 Å². The van der Waals surface area contributed by atoms with E-state index < -0.39 is 12.6 Å². The van der Waals surface area contributed by atoms with Crippen LogP contribution >= 0.6 is 0 Å². The Morgan fingerprint density at radius 1 is 1.08 bits per heavy atom. The van der Waals surface area contributed by atoms with Gasteiger partial charge in [0.1, 0.15) is 11.3 Å². The first-order chi connectivity index (χ1) is 12.0. The van der Waals surface area contributed by atoms with E-state index in [1.54, 1.807) is 31.2 Å². The summed E-state index contributed by atoms with van der Waals surface area (Å²) in [5.74, 6) is -0.194. The van der Waals surface area contributed by atoms with Crippen molar-refractivity contribution in [3.05, 3.63) is 53.1 Å². The Hall–Kier alpha value is -3.02. The van der Waals surface area contributed by atoms with Gasteiger partial charge in [0.2, 0.25) is 0 Å². The summed E-state index contributed by atoms with van der Waals surface area (Å²) in [6.45, 7) is 2.45. The number of aromatic hydroxyl groups is 1. The number of hydrogen-bond acceptors (Lipinski definition) is 6. The van der Waals surface area contributed by atoms with E-state index in [1.165, 1.54) is 12.1 Å². The summed E-state index contributed by atoms with van der Waals surface area (Å²) in [6.07, 6.45) is 0.773. The molecule has 0 amide bonds. The predicted octanol–water partition coefficient (Wildman–Crippen LogP) is 2.90. The number of fused-ring (bicyclic) bond motifs is 1. The van der Waals surface area contributed by atoms with Gasteiger partial charge < -0.3 is 19.3 Å². The molecule has 0 aromatic heterocycles. The lowest BCUT2D eigenvalue weighted by atomic mass is 10.1. The van der Waals surface area contributed by atoms with Crippen LogP contribution in [0.5, 0.6) is 17.2 Å². The van der Waals surface area contributed by atoms with Crippen molar-refractivity contribution < 1.29 is 28.9 Å². The number of phenols is 1. The Kier molecular flexibility index (Phi) is 4.88. The van der Waals surface area contributed by atoms with Gasteiger partial charge in [0.25, 0.3) is 0 Å². The molecule has 0 bridgehead atoms. The van der Waals surface area contributed by atoms with Crippen LogP contribution in [0.25, 0.3) is 0 Å². The topological polar surface area (TPSA) is 82.1 Å². The first-order valence-electron chi connectivity index (χ1n) is 7.94. The number of Topliss-reactive ketones (excluding diaryl/α,β-unsaturated/α-hetero) is 1. The zero-order chi connectivity index (χ0) is 17.8. The first kappa shape index (κ1) is 16.8. The van der Waals surface area contributed by atoms with Gasteiger partial charge in [0.15, 0.2) is 23.9 Å². The molecule has 0 spiro atoms. The number of aryl methyl sites for hydroxylation is 1. The van der Waals surface area contributed by atoms with Crippen molar-refractivity contribution in [3.8, 4) is 17.2 Å². The summed E-state index contributed by atoms with van der Waals surface area (Å²) in [5, 5.41) is 9.73. The Morgan fingerprint density at radius 3 is 2.64 bits per heavy atom. The van der Waals surface area contributed by atoms with Gasteiger partial charge in [-0.2, -0.15) is 0 Å². The van der Waals surface area contributed by atoms with Crippen LogP contribution in [0.4, 0.5) is 0 Å². The summed E-state index contributed by atoms with van der Waals surface area (Å²) in [4.78, 5) is 24.3. The number of ether oxygens (including phenoxy) is 3. The molecule has 1 N–H and O–H groups in total. The molecule has 6 heteroatoms. The highest BCUT2D eigenvalue weighted by Gasteiger charge is 2.17. The molecule has 6 nitrogen and oxygen atoms in total. The van der Waals surface area contributed by atoms with Gasteiger partial charge in [0, 0.05) is 12.0 Å². The van der Waals surface area contributed by atoms with Crippen LogP contribution in [0.2, 0.25) is 0 Å². The number of rotatable bonds is 4. The van der Waals surface area contributed by atoms with E-state index in [0.717, 1.165) is 12.0 Å². The summed E-state index contributed by atoms with van der Waals surface area (Å²) in [7, 11) is 0. The van der Waals surface area contributed by atoms with Crippen molar-refractivity contribution >= 4 is 11.8 Å². The molecule has 2 aromatic carbocycles. The minimum atomic E-state index is -0.746. The average Bonchev–Trinajstić information content (AvgIpc) is 2.86. The maximum Gasteiger partial charge on any atom is 0.342 e. The van der Waals surface area contributed by atoms with Gasteiger partial charge >= 0.3 is 5.97 Å². The average molecular weight is 342 g/mol. The molecule has 25 heavy (non-hydrogen) atoms. The Morgan fingerprint density at radius 2 is 1.84 bits per heavy atom. The lowest BCUT2D eigenvalue weighted by Crippen LogP contribution is -2.14. The Bertz CT molecular complexity index is 812. The number of phenolic OH excluding ortho intramolecular Hbond substituents is 1. The van der Waals surface area contributed by atoms with Gasteiger partial charge in [-0.05, 0) is 37.3 Å². The molecular weight excluding hydrogens is 324 g/mol. The van der Waals surface area contributed by atoms with Crippen molar-refractivity contribution in [1.82, 2.24) is 0 Å². The minimum Gasteiger partial charge on any atom is -0.507 e. The molecule has 0 saturated carbocycles. The van der Waals surface area contributed by atoms with Crippen LogP contribution in [0.1, 0.15) is 32.7 Å². The van der Waals surface area contributed by atoms with E-state index in [0.29, 0.717) is 30.3 Å². The van der Waals surface area contributed by atoms with Gasteiger partial charge in [-0.1, -0.05) is 11.6 Å². The third-order valence-electron chi connectivity index (χ3n) is 3.78. The summed E-state index contributed by atoms with van der Waals surface area (Å²) >= 11 is 0. The highest BCUT2D eigenvalue weighted by Crippen LogP contribution is 2.30. The van der Waals surface area contributed by atoms with Crippen LogP contribution in [-0.4, -0.2) is 36.7 Å². The van der Waals surface area contributed by atoms with E-state index in [9.17, 15) is 14.7 Å². The summed E-state index contributed by atoms with van der Waals surface area (Å²) in [6, 6.07) is 9.46. The van der Waals surface area contributed by atoms with Gasteiger partial charge in [-0.3, -0.25) is 4.79 Å². The van der Waals surface area contributed by atoms with Crippen molar-refractivity contribution in [2.45, 2.75) is 13.3 Å². The van der Waals surface area contributed by atoms with E-state index in [2.05, 4.69) is 0 Å². The molecule has 0 aliphatic carbocycles. The zero-order valence-electron chi connectivity index (χ0n) is 13.8. The summed E-state index contributed by atoms with van der Waals surface area (Å²) < 4.78 is 16.1. The standard InChI is InChI=1S/C19H18O6/c1-12-3-5-15(20)14(9-12)19(22)25-11-16(21)13-4-6-17-18(10-13)24-8-2-7-23-17/h3-6,9-10,20H,2,7-8,11H2,1H3. The smallest absolute Gasteiger partial charge is 0.342 e. The number of esters is 1. The van der Waals surface area contributed by atoms with Crippen LogP contribution in [-0.2, 0) is 4.74 Å². The Labute approximate surface area is 144 Å². The van der Waals surface area contributed by atoms with E-state index in [4.69, 9.17) is 14.2 Å². The second-order valence-corrected chi connectivity index (χ2v) is 5.73. The fourth-order valence-corrected chi connectivity index (χ4v) is 2.44. The first-order valence-corrected chi connectivity index (χ1v) is 7.94.